The Labute approximate surface area is 171 Å². The molecule has 4 aliphatic carbocycles. The minimum absolute atomic E-state index is 0.0228. The van der Waals surface area contributed by atoms with Crippen LogP contribution in [0, 0.1) is 35.0 Å². The molecule has 0 saturated heterocycles. The fraction of sp³-hybridized carbons (Fsp3) is 0.955. The molecule has 0 spiro atoms. The van der Waals surface area contributed by atoms with Crippen LogP contribution in [0.1, 0.15) is 65.2 Å². The van der Waals surface area contributed by atoms with Crippen LogP contribution in [0.3, 0.4) is 0 Å². The number of methoxy groups -OCH3 is 1. The monoisotopic (exact) mass is 442 g/mol. The Hall–Kier alpha value is -0.130. The molecule has 0 aromatic heterocycles. The van der Waals surface area contributed by atoms with Crippen LogP contribution in [0.5, 0.6) is 0 Å². The van der Waals surface area contributed by atoms with Crippen molar-refractivity contribution >= 4 is 21.9 Å². The Kier molecular flexibility index (Phi) is 5.68. The van der Waals surface area contributed by atoms with Gasteiger partial charge in [-0.05, 0) is 74.0 Å². The van der Waals surface area contributed by atoms with Gasteiger partial charge in [-0.25, -0.2) is 0 Å². The number of hydrogen-bond acceptors (Lipinski definition) is 4. The maximum Gasteiger partial charge on any atom is 0.305 e. The standard InChI is InChI=1S/C22H35BrO4/c1-4-19(25)27-21-14-5-6-16-20(15(14)11-17(21)23)18(24)10-12-9-13(26-3)7-8-22(12,16)2/h12-18,20-21,24H,4-11H2,1-3H3/t12?,13-,14-,15?,16?,17+,18-,20?,21+,22-/m0/s1. The van der Waals surface area contributed by atoms with Gasteiger partial charge in [0.15, 0.2) is 0 Å². The number of carbonyl (C=O) groups excluding carboxylic acids is 1. The van der Waals surface area contributed by atoms with Crippen molar-refractivity contribution in [1.29, 1.82) is 0 Å². The zero-order valence-electron chi connectivity index (χ0n) is 16.9. The molecule has 0 aromatic carbocycles. The molecule has 0 amide bonds. The molecule has 4 aliphatic rings. The molecule has 0 radical (unpaired) electrons. The average Bonchev–Trinajstić information content (AvgIpc) is 2.97. The molecule has 0 bridgehead atoms. The number of ether oxygens (including phenoxy) is 2. The highest BCUT2D eigenvalue weighted by atomic mass is 79.9. The predicted molar refractivity (Wildman–Crippen MR) is 108 cm³/mol. The highest BCUT2D eigenvalue weighted by Crippen LogP contribution is 2.63. The minimum atomic E-state index is -0.225. The molecule has 154 valence electrons. The third-order valence-corrected chi connectivity index (χ3v) is 9.68. The number of aliphatic hydroxyl groups excluding tert-OH is 1. The summed E-state index contributed by atoms with van der Waals surface area (Å²) in [6.45, 7) is 4.35. The van der Waals surface area contributed by atoms with E-state index in [4.69, 9.17) is 9.47 Å². The predicted octanol–water partition coefficient (Wildman–Crippen LogP) is 4.32. The van der Waals surface area contributed by atoms with Crippen LogP contribution in [-0.2, 0) is 14.3 Å². The first-order valence-electron chi connectivity index (χ1n) is 10.9. The summed E-state index contributed by atoms with van der Waals surface area (Å²) in [6, 6.07) is 0. The summed E-state index contributed by atoms with van der Waals surface area (Å²) in [5.74, 6) is 2.28. The van der Waals surface area contributed by atoms with Gasteiger partial charge in [0.2, 0.25) is 0 Å². The van der Waals surface area contributed by atoms with E-state index in [0.717, 1.165) is 38.5 Å². The number of esters is 1. The summed E-state index contributed by atoms with van der Waals surface area (Å²) in [5.41, 5.74) is 0.323. The first kappa shape index (κ1) is 20.2. The van der Waals surface area contributed by atoms with Gasteiger partial charge in [-0.15, -0.1) is 0 Å². The van der Waals surface area contributed by atoms with Gasteiger partial charge in [0.1, 0.15) is 6.10 Å². The third kappa shape index (κ3) is 3.30. The van der Waals surface area contributed by atoms with Crippen LogP contribution in [0.25, 0.3) is 0 Å². The van der Waals surface area contributed by atoms with E-state index in [2.05, 4.69) is 22.9 Å². The third-order valence-electron chi connectivity index (χ3n) is 8.79. The van der Waals surface area contributed by atoms with Gasteiger partial charge in [-0.3, -0.25) is 4.79 Å². The van der Waals surface area contributed by atoms with Crippen molar-refractivity contribution in [2.45, 2.75) is 88.4 Å². The highest BCUT2D eigenvalue weighted by molar-refractivity contribution is 9.09. The molecule has 0 aliphatic heterocycles. The molecule has 4 nitrogen and oxygen atoms in total. The van der Waals surface area contributed by atoms with Gasteiger partial charge in [0.05, 0.1) is 17.0 Å². The molecule has 4 rings (SSSR count). The van der Waals surface area contributed by atoms with Crippen molar-refractivity contribution < 1.29 is 19.4 Å². The van der Waals surface area contributed by atoms with Crippen LogP contribution >= 0.6 is 15.9 Å². The van der Waals surface area contributed by atoms with E-state index in [0.29, 0.717) is 47.5 Å². The van der Waals surface area contributed by atoms with Gasteiger partial charge in [0, 0.05) is 19.4 Å². The second kappa shape index (κ2) is 7.60. The first-order chi connectivity index (χ1) is 12.9. The number of hydrogen-bond donors (Lipinski definition) is 1. The molecular weight excluding hydrogens is 408 g/mol. The lowest BCUT2D eigenvalue weighted by Crippen LogP contribution is -2.57. The minimum Gasteiger partial charge on any atom is -0.461 e. The van der Waals surface area contributed by atoms with Gasteiger partial charge < -0.3 is 14.6 Å². The Morgan fingerprint density at radius 2 is 1.96 bits per heavy atom. The second-order valence-electron chi connectivity index (χ2n) is 9.79. The topological polar surface area (TPSA) is 55.8 Å². The van der Waals surface area contributed by atoms with Crippen LogP contribution < -0.4 is 0 Å². The first-order valence-corrected chi connectivity index (χ1v) is 11.8. The van der Waals surface area contributed by atoms with Crippen LogP contribution in [0.4, 0.5) is 0 Å². The van der Waals surface area contributed by atoms with E-state index < -0.39 is 0 Å². The lowest BCUT2D eigenvalue weighted by Gasteiger charge is -2.60. The lowest BCUT2D eigenvalue weighted by atomic mass is 9.46. The number of carbonyl (C=O) groups is 1. The normalized spacial score (nSPS) is 51.8. The maximum atomic E-state index is 11.9. The summed E-state index contributed by atoms with van der Waals surface area (Å²) in [5, 5.41) is 11.2. The van der Waals surface area contributed by atoms with Crippen molar-refractivity contribution in [1.82, 2.24) is 0 Å². The average molecular weight is 443 g/mol. The van der Waals surface area contributed by atoms with E-state index in [9.17, 15) is 9.90 Å². The quantitative estimate of drug-likeness (QED) is 0.522. The second-order valence-corrected chi connectivity index (χ2v) is 11.0. The fourth-order valence-electron chi connectivity index (χ4n) is 7.38. The molecule has 4 fully saturated rings. The molecule has 27 heavy (non-hydrogen) atoms. The van der Waals surface area contributed by atoms with Crippen molar-refractivity contribution in [3.63, 3.8) is 0 Å². The van der Waals surface area contributed by atoms with E-state index >= 15 is 0 Å². The summed E-state index contributed by atoms with van der Waals surface area (Å²) < 4.78 is 11.5. The number of halogens is 1. The lowest BCUT2D eigenvalue weighted by molar-refractivity contribution is -0.169. The molecule has 5 heteroatoms. The van der Waals surface area contributed by atoms with Gasteiger partial charge >= 0.3 is 5.97 Å². The van der Waals surface area contributed by atoms with Crippen molar-refractivity contribution in [3.05, 3.63) is 0 Å². The number of alkyl halides is 1. The SMILES string of the molecule is CCC(=O)O[C@H]1[C@H](Br)CC2C3C(CC[C@@H]21)[C@@]1(C)CC[C@H](OC)CC1C[C@@H]3O. The van der Waals surface area contributed by atoms with Gasteiger partial charge in [-0.2, -0.15) is 0 Å². The molecule has 0 heterocycles. The zero-order chi connectivity index (χ0) is 19.3. The van der Waals surface area contributed by atoms with Crippen LogP contribution in [0.15, 0.2) is 0 Å². The Morgan fingerprint density at radius 1 is 1.19 bits per heavy atom. The van der Waals surface area contributed by atoms with Gasteiger partial charge in [0.25, 0.3) is 0 Å². The van der Waals surface area contributed by atoms with Crippen LogP contribution in [-0.4, -0.2) is 41.3 Å². The maximum absolute atomic E-state index is 11.9. The van der Waals surface area contributed by atoms with Crippen molar-refractivity contribution in [2.75, 3.05) is 7.11 Å². The number of fused-ring (bicyclic) bond motifs is 5. The Morgan fingerprint density at radius 3 is 2.67 bits per heavy atom. The molecule has 4 saturated carbocycles. The number of aliphatic hydroxyl groups is 1. The highest BCUT2D eigenvalue weighted by Gasteiger charge is 2.61. The van der Waals surface area contributed by atoms with Crippen molar-refractivity contribution in [2.24, 2.45) is 35.0 Å². The van der Waals surface area contributed by atoms with Gasteiger partial charge in [-0.1, -0.05) is 29.8 Å². The molecule has 10 atom stereocenters. The van der Waals surface area contributed by atoms with E-state index in [1.807, 2.05) is 14.0 Å². The van der Waals surface area contributed by atoms with Crippen LogP contribution in [0.2, 0.25) is 0 Å². The largest absolute Gasteiger partial charge is 0.461 e. The van der Waals surface area contributed by atoms with E-state index in [1.54, 1.807) is 0 Å². The summed E-state index contributed by atoms with van der Waals surface area (Å²) in [6.07, 6.45) is 8.22. The molecule has 4 unspecified atom stereocenters. The Balaban J connectivity index is 1.56. The molecule has 0 aromatic rings. The van der Waals surface area contributed by atoms with E-state index in [-0.39, 0.29) is 23.0 Å². The fourth-order valence-corrected chi connectivity index (χ4v) is 8.31. The smallest absolute Gasteiger partial charge is 0.305 e. The Bertz CT molecular complexity index is 569. The zero-order valence-corrected chi connectivity index (χ0v) is 18.5. The number of rotatable bonds is 3. The van der Waals surface area contributed by atoms with E-state index in [1.165, 1.54) is 6.42 Å². The summed E-state index contributed by atoms with van der Waals surface area (Å²) >= 11 is 3.81. The molecule has 1 N–H and O–H groups in total. The van der Waals surface area contributed by atoms with Crippen molar-refractivity contribution in [3.8, 4) is 0 Å². The summed E-state index contributed by atoms with van der Waals surface area (Å²) in [4.78, 5) is 12.2. The molecular formula is C22H35BrO4. The summed E-state index contributed by atoms with van der Waals surface area (Å²) in [7, 11) is 1.83.